The lowest BCUT2D eigenvalue weighted by Crippen LogP contribution is -2.34. The topological polar surface area (TPSA) is 50.4 Å². The number of nitrogens with two attached hydrogens (primary N) is 1. The summed E-state index contributed by atoms with van der Waals surface area (Å²) in [4.78, 5) is 4.70. The van der Waals surface area contributed by atoms with E-state index in [0.29, 0.717) is 36.3 Å². The van der Waals surface area contributed by atoms with Crippen LogP contribution in [0.4, 0.5) is 0 Å². The Bertz CT molecular complexity index is 490. The van der Waals surface area contributed by atoms with Crippen molar-refractivity contribution in [2.24, 2.45) is 22.6 Å². The summed E-state index contributed by atoms with van der Waals surface area (Å²) in [5.41, 5.74) is 8.02. The fourth-order valence-electron chi connectivity index (χ4n) is 2.98. The molecule has 3 rings (SSSR count). The molecule has 0 aromatic heterocycles. The van der Waals surface area contributed by atoms with Crippen LogP contribution in [0.2, 0.25) is 0 Å². The van der Waals surface area contributed by atoms with Crippen molar-refractivity contribution in [3.63, 3.8) is 0 Å². The van der Waals surface area contributed by atoms with Gasteiger partial charge in [0.25, 0.3) is 0 Å². The van der Waals surface area contributed by atoms with Gasteiger partial charge in [-0.05, 0) is 17.0 Å². The predicted molar refractivity (Wildman–Crippen MR) is 79.3 cm³/mol. The van der Waals surface area contributed by atoms with Gasteiger partial charge in [-0.2, -0.15) is 0 Å². The van der Waals surface area contributed by atoms with Gasteiger partial charge < -0.3 is 11.1 Å². The molecule has 2 aliphatic rings. The first-order valence-electron chi connectivity index (χ1n) is 6.91. The van der Waals surface area contributed by atoms with E-state index in [2.05, 4.69) is 24.4 Å². The van der Waals surface area contributed by atoms with E-state index < -0.39 is 0 Å². The van der Waals surface area contributed by atoms with Crippen LogP contribution in [0.25, 0.3) is 0 Å². The van der Waals surface area contributed by atoms with Gasteiger partial charge in [0.2, 0.25) is 0 Å². The Balaban J connectivity index is 1.66. The molecular weight excluding hydrogens is 258 g/mol. The van der Waals surface area contributed by atoms with Gasteiger partial charge >= 0.3 is 0 Å². The number of nitrogens with zero attached hydrogens (tertiary/aromatic N) is 1. The Labute approximate surface area is 119 Å². The van der Waals surface area contributed by atoms with Crippen molar-refractivity contribution in [2.75, 3.05) is 0 Å². The lowest BCUT2D eigenvalue weighted by atomic mass is 9.98. The van der Waals surface area contributed by atoms with Crippen molar-refractivity contribution in [3.8, 4) is 0 Å². The first-order chi connectivity index (χ1) is 9.19. The molecule has 1 heterocycles. The fraction of sp³-hybridized carbons (Fsp3) is 0.533. The van der Waals surface area contributed by atoms with E-state index in [1.165, 1.54) is 5.56 Å². The number of hydrogen-bond acceptors (Lipinski definition) is 2. The zero-order chi connectivity index (χ0) is 13.4. The van der Waals surface area contributed by atoms with Crippen LogP contribution in [0.5, 0.6) is 0 Å². The van der Waals surface area contributed by atoms with E-state index in [-0.39, 0.29) is 0 Å². The van der Waals surface area contributed by atoms with Gasteiger partial charge in [-0.25, -0.2) is 0 Å². The highest BCUT2D eigenvalue weighted by molar-refractivity contribution is 6.24. The third kappa shape index (κ3) is 2.63. The minimum absolute atomic E-state index is 0.295. The monoisotopic (exact) mass is 277 g/mol. The smallest absolute Gasteiger partial charge is 0.0972 e. The zero-order valence-electron chi connectivity index (χ0n) is 11.1. The van der Waals surface area contributed by atoms with Gasteiger partial charge in [-0.15, -0.1) is 11.6 Å². The van der Waals surface area contributed by atoms with Gasteiger partial charge in [-0.3, -0.25) is 4.99 Å². The van der Waals surface area contributed by atoms with Crippen molar-refractivity contribution in [1.29, 1.82) is 0 Å². The molecule has 3 nitrogen and oxygen atoms in total. The minimum atomic E-state index is 0.295. The number of nitrogens with one attached hydrogen (secondary N) is 1. The van der Waals surface area contributed by atoms with Gasteiger partial charge in [-0.1, -0.05) is 31.2 Å². The van der Waals surface area contributed by atoms with E-state index in [9.17, 15) is 0 Å². The van der Waals surface area contributed by atoms with Crippen molar-refractivity contribution >= 4 is 17.4 Å². The molecule has 3 N–H and O–H groups in total. The van der Waals surface area contributed by atoms with Gasteiger partial charge in [0.05, 0.1) is 17.8 Å². The number of benzene rings is 1. The van der Waals surface area contributed by atoms with Crippen LogP contribution < -0.4 is 11.1 Å². The molecule has 1 saturated heterocycles. The number of aliphatic imine (C=N–C) groups is 1. The quantitative estimate of drug-likeness (QED) is 0.833. The predicted octanol–water partition coefficient (Wildman–Crippen LogP) is 2.28. The summed E-state index contributed by atoms with van der Waals surface area (Å²) in [7, 11) is 0. The third-order valence-corrected chi connectivity index (χ3v) is 4.73. The summed E-state index contributed by atoms with van der Waals surface area (Å²) in [6, 6.07) is 8.75. The Kier molecular flexibility index (Phi) is 3.50. The maximum Gasteiger partial charge on any atom is 0.0972 e. The lowest BCUT2D eigenvalue weighted by molar-refractivity contribution is 0.474. The molecule has 1 aromatic rings. The number of fused-ring (bicyclic) bond motifs is 1. The van der Waals surface area contributed by atoms with Crippen LogP contribution in [-0.2, 0) is 13.1 Å². The van der Waals surface area contributed by atoms with Gasteiger partial charge in [0.1, 0.15) is 0 Å². The highest BCUT2D eigenvalue weighted by atomic mass is 35.5. The summed E-state index contributed by atoms with van der Waals surface area (Å²) in [6.07, 6.45) is 1.01. The summed E-state index contributed by atoms with van der Waals surface area (Å²) in [5.74, 6) is 2.39. The van der Waals surface area contributed by atoms with E-state index in [1.54, 1.807) is 0 Å². The molecule has 4 heteroatoms. The van der Waals surface area contributed by atoms with E-state index in [1.807, 2.05) is 12.1 Å². The number of amidine groups is 1. The molecule has 1 aromatic carbocycles. The number of alkyl halides is 1. The van der Waals surface area contributed by atoms with E-state index >= 15 is 0 Å². The van der Waals surface area contributed by atoms with Crippen LogP contribution in [-0.4, -0.2) is 17.3 Å². The van der Waals surface area contributed by atoms with Crippen molar-refractivity contribution in [2.45, 2.75) is 37.9 Å². The average Bonchev–Trinajstić information content (AvgIpc) is 3.08. The van der Waals surface area contributed by atoms with Crippen LogP contribution in [0.3, 0.4) is 0 Å². The highest BCUT2D eigenvalue weighted by Crippen LogP contribution is 2.46. The van der Waals surface area contributed by atoms with E-state index in [4.69, 9.17) is 22.3 Å². The Morgan fingerprint density at radius 2 is 2.21 bits per heavy atom. The summed E-state index contributed by atoms with van der Waals surface area (Å²) in [6.45, 7) is 3.57. The lowest BCUT2D eigenvalue weighted by Gasteiger charge is -2.20. The molecule has 4 atom stereocenters. The minimum Gasteiger partial charge on any atom is -0.369 e. The average molecular weight is 278 g/mol. The molecule has 0 spiro atoms. The first-order valence-corrected chi connectivity index (χ1v) is 7.34. The maximum atomic E-state index is 6.24. The van der Waals surface area contributed by atoms with Crippen LogP contribution >= 0.6 is 11.6 Å². The Morgan fingerprint density at radius 3 is 2.95 bits per heavy atom. The second-order valence-electron chi connectivity index (χ2n) is 5.66. The van der Waals surface area contributed by atoms with Crippen molar-refractivity contribution < 1.29 is 0 Å². The molecular formula is C15H20ClN3. The molecule has 2 unspecified atom stereocenters. The zero-order valence-corrected chi connectivity index (χ0v) is 11.9. The number of hydrogen-bond donors (Lipinski definition) is 2. The SMILES string of the molecule is CC1CC(=NCc2cccc(CN)c2)N[C@@H]2C(Cl)[C@@H]12. The molecule has 0 bridgehead atoms. The van der Waals surface area contributed by atoms with Crippen LogP contribution in [0.1, 0.15) is 24.5 Å². The molecule has 1 aliphatic heterocycles. The van der Waals surface area contributed by atoms with Crippen LogP contribution in [0.15, 0.2) is 29.3 Å². The summed E-state index contributed by atoms with van der Waals surface area (Å²) < 4.78 is 0. The number of piperidine rings is 1. The molecule has 2 fully saturated rings. The molecule has 1 saturated carbocycles. The molecule has 19 heavy (non-hydrogen) atoms. The van der Waals surface area contributed by atoms with Gasteiger partial charge in [0, 0.05) is 24.9 Å². The second-order valence-corrected chi connectivity index (χ2v) is 6.16. The first kappa shape index (κ1) is 12.9. The largest absolute Gasteiger partial charge is 0.369 e. The maximum absolute atomic E-state index is 6.24. The molecule has 102 valence electrons. The molecule has 1 aliphatic carbocycles. The normalized spacial score (nSPS) is 34.8. The summed E-state index contributed by atoms with van der Waals surface area (Å²) >= 11 is 6.24. The van der Waals surface area contributed by atoms with Gasteiger partial charge in [0.15, 0.2) is 0 Å². The standard InChI is InChI=1S/C15H20ClN3/c1-9-5-12(19-15-13(9)14(15)16)18-8-11-4-2-3-10(6-11)7-17/h2-4,6,9,13-15H,5,7-8,17H2,1H3,(H,18,19)/t9?,13-,14?,15+/m1/s1. The van der Waals surface area contributed by atoms with Crippen LogP contribution in [0, 0.1) is 11.8 Å². The highest BCUT2D eigenvalue weighted by Gasteiger charge is 2.55. The van der Waals surface area contributed by atoms with Crippen molar-refractivity contribution in [1.82, 2.24) is 5.32 Å². The third-order valence-electron chi connectivity index (χ3n) is 4.17. The molecule has 0 radical (unpaired) electrons. The van der Waals surface area contributed by atoms with Crippen molar-refractivity contribution in [3.05, 3.63) is 35.4 Å². The van der Waals surface area contributed by atoms with E-state index in [0.717, 1.165) is 17.8 Å². The number of halogens is 1. The number of rotatable bonds is 3. The summed E-state index contributed by atoms with van der Waals surface area (Å²) in [5, 5.41) is 3.76. The molecule has 0 amide bonds. The Morgan fingerprint density at radius 1 is 1.42 bits per heavy atom. The Hall–Kier alpha value is -1.06. The fourth-order valence-corrected chi connectivity index (χ4v) is 3.54. The second kappa shape index (κ2) is 5.14.